The molecule has 0 amide bonds. The molecular weight excluding hydrogens is 334 g/mol. The number of aryl methyl sites for hydroxylation is 3. The molecule has 1 aliphatic heterocycles. The van der Waals surface area contributed by atoms with Gasteiger partial charge in [0.25, 0.3) is 0 Å². The van der Waals surface area contributed by atoms with Gasteiger partial charge in [-0.2, -0.15) is 0 Å². The van der Waals surface area contributed by atoms with E-state index in [-0.39, 0.29) is 12.0 Å². The average molecular weight is 359 g/mol. The van der Waals surface area contributed by atoms with E-state index in [1.165, 1.54) is 46.9 Å². The summed E-state index contributed by atoms with van der Waals surface area (Å²) in [5.74, 6) is 1.22. The third-order valence-electron chi connectivity index (χ3n) is 6.19. The first-order valence-electron chi connectivity index (χ1n) is 9.92. The molecule has 1 aliphatic carbocycles. The van der Waals surface area contributed by atoms with Crippen LogP contribution in [0.5, 0.6) is 0 Å². The summed E-state index contributed by atoms with van der Waals surface area (Å²) < 4.78 is 0. The maximum atomic E-state index is 10.6. The largest absolute Gasteiger partial charge is 0.391 e. The van der Waals surface area contributed by atoms with Crippen molar-refractivity contribution in [2.24, 2.45) is 5.92 Å². The third kappa shape index (κ3) is 3.08. The van der Waals surface area contributed by atoms with E-state index < -0.39 is 0 Å². The summed E-state index contributed by atoms with van der Waals surface area (Å²) in [6.45, 7) is 3.67. The Balaban J connectivity index is 1.43. The Morgan fingerprint density at radius 2 is 1.85 bits per heavy atom. The zero-order valence-electron chi connectivity index (χ0n) is 15.7. The van der Waals surface area contributed by atoms with Crippen LogP contribution in [-0.4, -0.2) is 34.3 Å². The zero-order valence-corrected chi connectivity index (χ0v) is 15.7. The van der Waals surface area contributed by atoms with E-state index >= 15 is 0 Å². The molecule has 0 radical (unpaired) electrons. The zero-order chi connectivity index (χ0) is 18.4. The minimum Gasteiger partial charge on any atom is -0.391 e. The van der Waals surface area contributed by atoms with Gasteiger partial charge in [-0.15, -0.1) is 0 Å². The average Bonchev–Trinajstić information content (AvgIpc) is 3.27. The van der Waals surface area contributed by atoms with Gasteiger partial charge in [0, 0.05) is 36.8 Å². The Bertz CT molecular complexity index is 986. The molecule has 2 aliphatic rings. The highest BCUT2D eigenvalue weighted by Crippen LogP contribution is 2.32. The number of β-amino-alcohol motifs (C(OH)–C–C–N with tert-alkyl or cyclic N) is 1. The first-order chi connectivity index (χ1) is 13.2. The lowest BCUT2D eigenvalue weighted by molar-refractivity contribution is 0.148. The van der Waals surface area contributed by atoms with E-state index in [4.69, 9.17) is 4.98 Å². The number of aromatic nitrogens is 2. The number of hydrogen-bond donors (Lipinski definition) is 1. The predicted octanol–water partition coefficient (Wildman–Crippen LogP) is 3.47. The third-order valence-corrected chi connectivity index (χ3v) is 6.19. The highest BCUT2D eigenvalue weighted by atomic mass is 16.3. The van der Waals surface area contributed by atoms with Gasteiger partial charge in [-0.05, 0) is 85.2 Å². The van der Waals surface area contributed by atoms with Crippen molar-refractivity contribution in [2.75, 3.05) is 18.0 Å². The predicted molar refractivity (Wildman–Crippen MR) is 108 cm³/mol. The van der Waals surface area contributed by atoms with Gasteiger partial charge in [0.15, 0.2) is 0 Å². The minimum absolute atomic E-state index is 0.227. The van der Waals surface area contributed by atoms with Crippen molar-refractivity contribution >= 4 is 16.7 Å². The molecule has 3 heterocycles. The molecule has 1 saturated heterocycles. The summed E-state index contributed by atoms with van der Waals surface area (Å²) in [7, 11) is 0. The number of nitrogens with zero attached hydrogens (tertiary/aromatic N) is 3. The van der Waals surface area contributed by atoms with Crippen molar-refractivity contribution in [1.82, 2.24) is 9.97 Å². The van der Waals surface area contributed by atoms with Crippen LogP contribution >= 0.6 is 0 Å². The van der Waals surface area contributed by atoms with Crippen molar-refractivity contribution in [1.29, 1.82) is 0 Å². The summed E-state index contributed by atoms with van der Waals surface area (Å²) in [4.78, 5) is 11.3. The topological polar surface area (TPSA) is 49.2 Å². The minimum atomic E-state index is -0.323. The number of pyridine rings is 2. The molecular formula is C23H25N3O. The highest BCUT2D eigenvalue weighted by molar-refractivity contribution is 5.85. The Morgan fingerprint density at radius 3 is 2.67 bits per heavy atom. The second kappa shape index (κ2) is 6.61. The van der Waals surface area contributed by atoms with E-state index in [0.717, 1.165) is 24.3 Å². The van der Waals surface area contributed by atoms with E-state index in [2.05, 4.69) is 35.0 Å². The molecule has 4 nitrogen and oxygen atoms in total. The van der Waals surface area contributed by atoms with Crippen LogP contribution in [-0.2, 0) is 19.3 Å². The molecule has 0 saturated carbocycles. The molecule has 0 unspecified atom stereocenters. The molecule has 2 atom stereocenters. The summed E-state index contributed by atoms with van der Waals surface area (Å²) >= 11 is 0. The highest BCUT2D eigenvalue weighted by Gasteiger charge is 2.32. The number of hydrogen-bond acceptors (Lipinski definition) is 4. The molecule has 1 N–H and O–H groups in total. The van der Waals surface area contributed by atoms with Crippen LogP contribution in [0, 0.1) is 12.8 Å². The van der Waals surface area contributed by atoms with Crippen LogP contribution < -0.4 is 4.90 Å². The van der Waals surface area contributed by atoms with Crippen LogP contribution in [0.2, 0.25) is 0 Å². The van der Waals surface area contributed by atoms with Crippen molar-refractivity contribution in [3.8, 4) is 0 Å². The van der Waals surface area contributed by atoms with Gasteiger partial charge in [0.2, 0.25) is 0 Å². The molecule has 2 aromatic heterocycles. The van der Waals surface area contributed by atoms with E-state index in [1.54, 1.807) is 0 Å². The van der Waals surface area contributed by atoms with E-state index in [1.807, 2.05) is 24.5 Å². The number of aliphatic hydroxyl groups is 1. The number of aliphatic hydroxyl groups excluding tert-OH is 1. The van der Waals surface area contributed by atoms with Crippen LogP contribution in [0.1, 0.15) is 28.7 Å². The van der Waals surface area contributed by atoms with Gasteiger partial charge in [-0.3, -0.25) is 4.98 Å². The quantitative estimate of drug-likeness (QED) is 0.778. The van der Waals surface area contributed by atoms with Crippen molar-refractivity contribution < 1.29 is 5.11 Å². The van der Waals surface area contributed by atoms with Crippen LogP contribution in [0.3, 0.4) is 0 Å². The second-order valence-corrected chi connectivity index (χ2v) is 8.08. The van der Waals surface area contributed by atoms with Gasteiger partial charge in [0.05, 0.1) is 11.6 Å². The molecule has 0 bridgehead atoms. The molecule has 3 aromatic rings. The van der Waals surface area contributed by atoms with E-state index in [9.17, 15) is 5.11 Å². The fourth-order valence-corrected chi connectivity index (χ4v) is 4.67. The first kappa shape index (κ1) is 16.7. The van der Waals surface area contributed by atoms with Crippen LogP contribution in [0.15, 0.2) is 42.7 Å². The number of benzene rings is 1. The number of anilines is 1. The Kier molecular flexibility index (Phi) is 4.09. The molecule has 27 heavy (non-hydrogen) atoms. The molecule has 138 valence electrons. The summed E-state index contributed by atoms with van der Waals surface area (Å²) in [5, 5.41) is 11.9. The second-order valence-electron chi connectivity index (χ2n) is 8.08. The monoisotopic (exact) mass is 359 g/mol. The summed E-state index contributed by atoms with van der Waals surface area (Å²) in [6, 6.07) is 10.9. The lowest BCUT2D eigenvalue weighted by atomic mass is 9.97. The van der Waals surface area contributed by atoms with Gasteiger partial charge in [-0.25, -0.2) is 4.98 Å². The SMILES string of the molecule is Cc1cc(N2C[C@@H](Cc3ccncc3)[C@@H](O)C2)nc2cc3c(cc12)CCC3. The molecule has 0 spiro atoms. The number of fused-ring (bicyclic) bond motifs is 2. The summed E-state index contributed by atoms with van der Waals surface area (Å²) in [6.07, 6.45) is 7.82. The molecule has 1 fully saturated rings. The molecule has 1 aromatic carbocycles. The summed E-state index contributed by atoms with van der Waals surface area (Å²) in [5.41, 5.74) is 6.56. The first-order valence-corrected chi connectivity index (χ1v) is 9.92. The van der Waals surface area contributed by atoms with Gasteiger partial charge in [-0.1, -0.05) is 0 Å². The number of rotatable bonds is 3. The standard InChI is InChI=1S/C23H25N3O/c1-15-9-23(25-21-12-18-4-2-3-17(18)11-20(15)21)26-13-19(22(27)14-26)10-16-5-7-24-8-6-16/h5-9,11-12,19,22,27H,2-4,10,13-14H2,1H3/t19-,22+/m1/s1. The van der Waals surface area contributed by atoms with Gasteiger partial charge < -0.3 is 10.0 Å². The molecule has 5 rings (SSSR count). The normalized spacial score (nSPS) is 21.8. The lowest BCUT2D eigenvalue weighted by Crippen LogP contribution is -2.22. The maximum absolute atomic E-state index is 10.6. The van der Waals surface area contributed by atoms with Crippen molar-refractivity contribution in [2.45, 2.75) is 38.7 Å². The fraction of sp³-hybridized carbons (Fsp3) is 0.391. The lowest BCUT2D eigenvalue weighted by Gasteiger charge is -2.19. The Labute approximate surface area is 159 Å². The Hall–Kier alpha value is -2.46. The van der Waals surface area contributed by atoms with Crippen LogP contribution in [0.25, 0.3) is 10.9 Å². The van der Waals surface area contributed by atoms with Crippen molar-refractivity contribution in [3.63, 3.8) is 0 Å². The van der Waals surface area contributed by atoms with Gasteiger partial charge in [0.1, 0.15) is 5.82 Å². The van der Waals surface area contributed by atoms with Gasteiger partial charge >= 0.3 is 0 Å². The van der Waals surface area contributed by atoms with Crippen LogP contribution in [0.4, 0.5) is 5.82 Å². The molecule has 4 heteroatoms. The smallest absolute Gasteiger partial charge is 0.129 e. The van der Waals surface area contributed by atoms with E-state index in [0.29, 0.717) is 6.54 Å². The Morgan fingerprint density at radius 1 is 1.07 bits per heavy atom. The maximum Gasteiger partial charge on any atom is 0.129 e. The fourth-order valence-electron chi connectivity index (χ4n) is 4.67. The van der Waals surface area contributed by atoms with Crippen molar-refractivity contribution in [3.05, 3.63) is 65.0 Å².